The third kappa shape index (κ3) is 1.91. The van der Waals surface area contributed by atoms with Crippen molar-refractivity contribution >= 4 is 11.6 Å². The van der Waals surface area contributed by atoms with E-state index in [0.29, 0.717) is 23.0 Å². The molecule has 2 aromatic carbocycles. The summed E-state index contributed by atoms with van der Waals surface area (Å²) in [7, 11) is 0. The molecule has 0 saturated heterocycles. The fourth-order valence-electron chi connectivity index (χ4n) is 2.78. The Kier molecular flexibility index (Phi) is 2.72. The predicted molar refractivity (Wildman–Crippen MR) is 83.7 cm³/mol. The van der Waals surface area contributed by atoms with E-state index in [0.717, 1.165) is 22.3 Å². The predicted octanol–water partition coefficient (Wildman–Crippen LogP) is 4.53. The van der Waals surface area contributed by atoms with Crippen molar-refractivity contribution in [2.24, 2.45) is 0 Å². The Hall–Kier alpha value is -2.32. The van der Waals surface area contributed by atoms with Crippen LogP contribution in [0.25, 0.3) is 22.6 Å². The number of hydrogen-bond acceptors (Lipinski definition) is 2. The van der Waals surface area contributed by atoms with Crippen LogP contribution in [0.3, 0.4) is 0 Å². The molecule has 1 aliphatic rings. The molecule has 0 N–H and O–H groups in total. The van der Waals surface area contributed by atoms with Gasteiger partial charge in [0.2, 0.25) is 0 Å². The first-order valence-electron chi connectivity index (χ1n) is 6.74. The summed E-state index contributed by atoms with van der Waals surface area (Å²) in [6, 6.07) is 16.9. The zero-order valence-electron chi connectivity index (χ0n) is 11.1. The molecule has 1 aromatic heterocycles. The molecule has 0 amide bonds. The number of halogens is 1. The molecule has 21 heavy (non-hydrogen) atoms. The molecule has 4 rings (SSSR count). The summed E-state index contributed by atoms with van der Waals surface area (Å²) >= 11 is 6.20. The van der Waals surface area contributed by atoms with Crippen LogP contribution in [0.15, 0.2) is 63.8 Å². The van der Waals surface area contributed by atoms with E-state index in [-0.39, 0.29) is 5.43 Å². The van der Waals surface area contributed by atoms with Gasteiger partial charge in [-0.3, -0.25) is 4.79 Å². The fraction of sp³-hybridized carbons (Fsp3) is 0.0556. The molecule has 0 bridgehead atoms. The lowest BCUT2D eigenvalue weighted by Crippen LogP contribution is -2.06. The minimum Gasteiger partial charge on any atom is -0.455 e. The Balaban J connectivity index is 1.98. The van der Waals surface area contributed by atoms with E-state index in [1.807, 2.05) is 42.5 Å². The zero-order chi connectivity index (χ0) is 14.4. The van der Waals surface area contributed by atoms with Crippen molar-refractivity contribution in [2.75, 3.05) is 0 Å². The van der Waals surface area contributed by atoms with Crippen LogP contribution in [0.1, 0.15) is 11.1 Å². The molecule has 0 saturated carbocycles. The second-order valence-corrected chi connectivity index (χ2v) is 5.50. The van der Waals surface area contributed by atoms with Gasteiger partial charge >= 0.3 is 0 Å². The summed E-state index contributed by atoms with van der Waals surface area (Å²) in [6.07, 6.45) is 0.636. The molecule has 0 atom stereocenters. The van der Waals surface area contributed by atoms with Crippen molar-refractivity contribution in [2.45, 2.75) is 6.42 Å². The molecule has 3 aromatic rings. The van der Waals surface area contributed by atoms with E-state index >= 15 is 0 Å². The first-order valence-corrected chi connectivity index (χ1v) is 7.12. The molecule has 3 heteroatoms. The lowest BCUT2D eigenvalue weighted by molar-refractivity contribution is 0.578. The number of rotatable bonds is 1. The van der Waals surface area contributed by atoms with E-state index < -0.39 is 0 Å². The van der Waals surface area contributed by atoms with Gasteiger partial charge in [-0.05, 0) is 17.7 Å². The SMILES string of the molecule is O=c1cc(-c2ccccc2Cl)oc2c1Cc1ccccc1-2. The van der Waals surface area contributed by atoms with Crippen molar-refractivity contribution < 1.29 is 4.42 Å². The van der Waals surface area contributed by atoms with Crippen LogP contribution in [0.4, 0.5) is 0 Å². The Morgan fingerprint density at radius 1 is 0.952 bits per heavy atom. The standard InChI is InChI=1S/C18H11ClO2/c19-15-8-4-3-7-13(15)17-10-16(20)14-9-11-5-1-2-6-12(11)18(14)21-17/h1-8,10H,9H2. The molecule has 0 fully saturated rings. The summed E-state index contributed by atoms with van der Waals surface area (Å²) in [5.74, 6) is 1.19. The number of fused-ring (bicyclic) bond motifs is 3. The second kappa shape index (κ2) is 4.61. The third-order valence-electron chi connectivity index (χ3n) is 3.81. The van der Waals surface area contributed by atoms with E-state index in [9.17, 15) is 4.79 Å². The van der Waals surface area contributed by atoms with Gasteiger partial charge in [0.1, 0.15) is 11.5 Å². The Labute approximate surface area is 126 Å². The van der Waals surface area contributed by atoms with Gasteiger partial charge in [-0.1, -0.05) is 48.0 Å². The first kappa shape index (κ1) is 12.4. The maximum Gasteiger partial charge on any atom is 0.189 e. The molecule has 1 heterocycles. The van der Waals surface area contributed by atoms with Gasteiger partial charge in [-0.15, -0.1) is 0 Å². The normalized spacial score (nSPS) is 12.0. The van der Waals surface area contributed by atoms with Gasteiger partial charge in [0.05, 0.1) is 5.02 Å². The van der Waals surface area contributed by atoms with Crippen molar-refractivity contribution in [1.29, 1.82) is 0 Å². The third-order valence-corrected chi connectivity index (χ3v) is 4.14. The Bertz CT molecular complexity index is 909. The van der Waals surface area contributed by atoms with Crippen LogP contribution in [0.2, 0.25) is 5.02 Å². The Morgan fingerprint density at radius 3 is 2.48 bits per heavy atom. The van der Waals surface area contributed by atoms with Gasteiger partial charge in [0.15, 0.2) is 5.43 Å². The minimum atomic E-state index is 0.00219. The zero-order valence-corrected chi connectivity index (χ0v) is 11.9. The molecule has 2 nitrogen and oxygen atoms in total. The number of benzene rings is 2. The quantitative estimate of drug-likeness (QED) is 0.516. The van der Waals surface area contributed by atoms with Crippen molar-refractivity contribution in [3.8, 4) is 22.6 Å². The topological polar surface area (TPSA) is 30.2 Å². The van der Waals surface area contributed by atoms with Crippen LogP contribution < -0.4 is 5.43 Å². The fourth-order valence-corrected chi connectivity index (χ4v) is 3.01. The molecular weight excluding hydrogens is 284 g/mol. The van der Waals surface area contributed by atoms with Crippen LogP contribution >= 0.6 is 11.6 Å². The highest BCUT2D eigenvalue weighted by Crippen LogP contribution is 2.37. The lowest BCUT2D eigenvalue weighted by atomic mass is 10.1. The van der Waals surface area contributed by atoms with Crippen molar-refractivity contribution in [3.63, 3.8) is 0 Å². The lowest BCUT2D eigenvalue weighted by Gasteiger charge is -2.06. The monoisotopic (exact) mass is 294 g/mol. The summed E-state index contributed by atoms with van der Waals surface area (Å²) in [4.78, 5) is 12.4. The van der Waals surface area contributed by atoms with Crippen LogP contribution in [-0.4, -0.2) is 0 Å². The molecular formula is C18H11ClO2. The van der Waals surface area contributed by atoms with Gasteiger partial charge in [-0.2, -0.15) is 0 Å². The smallest absolute Gasteiger partial charge is 0.189 e. The average Bonchev–Trinajstić information content (AvgIpc) is 2.87. The van der Waals surface area contributed by atoms with E-state index in [4.69, 9.17) is 16.0 Å². The highest BCUT2D eigenvalue weighted by atomic mass is 35.5. The van der Waals surface area contributed by atoms with E-state index in [2.05, 4.69) is 0 Å². The average molecular weight is 295 g/mol. The van der Waals surface area contributed by atoms with Gasteiger partial charge in [0, 0.05) is 29.2 Å². The summed E-state index contributed by atoms with van der Waals surface area (Å²) in [6.45, 7) is 0. The van der Waals surface area contributed by atoms with Crippen molar-refractivity contribution in [3.05, 3.63) is 81.0 Å². The largest absolute Gasteiger partial charge is 0.455 e. The number of hydrogen-bond donors (Lipinski definition) is 0. The highest BCUT2D eigenvalue weighted by Gasteiger charge is 2.24. The maximum absolute atomic E-state index is 12.4. The Morgan fingerprint density at radius 2 is 1.67 bits per heavy atom. The van der Waals surface area contributed by atoms with Gasteiger partial charge < -0.3 is 4.42 Å². The van der Waals surface area contributed by atoms with Crippen LogP contribution in [0, 0.1) is 0 Å². The summed E-state index contributed by atoms with van der Waals surface area (Å²) in [5, 5.41) is 0.576. The van der Waals surface area contributed by atoms with E-state index in [1.54, 1.807) is 6.07 Å². The molecule has 0 unspecified atom stereocenters. The first-order chi connectivity index (χ1) is 10.2. The van der Waals surface area contributed by atoms with Gasteiger partial charge in [-0.25, -0.2) is 0 Å². The molecule has 1 aliphatic carbocycles. The van der Waals surface area contributed by atoms with Gasteiger partial charge in [0.25, 0.3) is 0 Å². The second-order valence-electron chi connectivity index (χ2n) is 5.10. The minimum absolute atomic E-state index is 0.00219. The highest BCUT2D eigenvalue weighted by molar-refractivity contribution is 6.33. The summed E-state index contributed by atoms with van der Waals surface area (Å²) in [5.41, 5.74) is 3.60. The molecule has 102 valence electrons. The van der Waals surface area contributed by atoms with Crippen LogP contribution in [-0.2, 0) is 6.42 Å². The molecule has 0 spiro atoms. The van der Waals surface area contributed by atoms with Crippen LogP contribution in [0.5, 0.6) is 0 Å². The van der Waals surface area contributed by atoms with E-state index in [1.165, 1.54) is 6.07 Å². The van der Waals surface area contributed by atoms with Crippen molar-refractivity contribution in [1.82, 2.24) is 0 Å². The molecule has 0 aliphatic heterocycles. The maximum atomic E-state index is 12.4. The molecule has 0 radical (unpaired) electrons. The summed E-state index contributed by atoms with van der Waals surface area (Å²) < 4.78 is 6.01.